The monoisotopic (exact) mass is 491 g/mol. The molecule has 2 N–H and O–H groups in total. The number of carbonyl (C=O) groups excluding carboxylic acids is 1. The number of halogens is 3. The number of amides is 2. The summed E-state index contributed by atoms with van der Waals surface area (Å²) in [6.45, 7) is 0.107. The average Bonchev–Trinajstić information content (AvgIpc) is 3.61. The molecular formula is C23H24F3N5O4. The molecule has 186 valence electrons. The third-order valence-corrected chi connectivity index (χ3v) is 5.45. The SMILES string of the molecule is COc1cc(NC(=O)NCCn2nc(-c3cccc(C(F)(F)F)c3)n(C3CC3)c2=O)cc(OC)c1. The third-order valence-electron chi connectivity index (χ3n) is 5.45. The lowest BCUT2D eigenvalue weighted by Crippen LogP contribution is -2.34. The van der Waals surface area contributed by atoms with Gasteiger partial charge in [-0.15, -0.1) is 5.10 Å². The van der Waals surface area contributed by atoms with Crippen LogP contribution in [0.15, 0.2) is 47.3 Å². The van der Waals surface area contributed by atoms with Crippen molar-refractivity contribution >= 4 is 11.7 Å². The van der Waals surface area contributed by atoms with E-state index in [1.165, 1.54) is 30.9 Å². The van der Waals surface area contributed by atoms with E-state index in [1.807, 2.05) is 0 Å². The number of anilines is 1. The van der Waals surface area contributed by atoms with Gasteiger partial charge in [-0.2, -0.15) is 13.2 Å². The highest BCUT2D eigenvalue weighted by Crippen LogP contribution is 2.37. The lowest BCUT2D eigenvalue weighted by atomic mass is 10.1. The zero-order valence-electron chi connectivity index (χ0n) is 19.1. The number of hydrogen-bond donors (Lipinski definition) is 2. The van der Waals surface area contributed by atoms with Gasteiger partial charge in [0, 0.05) is 42.0 Å². The smallest absolute Gasteiger partial charge is 0.416 e. The van der Waals surface area contributed by atoms with Crippen molar-refractivity contribution in [2.45, 2.75) is 31.6 Å². The van der Waals surface area contributed by atoms with Gasteiger partial charge >= 0.3 is 17.9 Å². The van der Waals surface area contributed by atoms with Crippen LogP contribution in [0.1, 0.15) is 24.4 Å². The fraction of sp³-hybridized carbons (Fsp3) is 0.348. The summed E-state index contributed by atoms with van der Waals surface area (Å²) in [5.41, 5.74) is -0.590. The summed E-state index contributed by atoms with van der Waals surface area (Å²) in [5.74, 6) is 1.18. The second-order valence-corrected chi connectivity index (χ2v) is 7.99. The Morgan fingerprint density at radius 3 is 2.40 bits per heavy atom. The van der Waals surface area contributed by atoms with Crippen molar-refractivity contribution in [3.05, 3.63) is 58.5 Å². The molecule has 2 amide bonds. The lowest BCUT2D eigenvalue weighted by molar-refractivity contribution is -0.137. The first-order chi connectivity index (χ1) is 16.7. The number of urea groups is 1. The number of carbonyl (C=O) groups is 1. The van der Waals surface area contributed by atoms with Crippen LogP contribution < -0.4 is 25.8 Å². The zero-order valence-corrected chi connectivity index (χ0v) is 19.1. The molecule has 1 aliphatic carbocycles. The standard InChI is InChI=1S/C23H24F3N5O4/c1-34-18-11-16(12-19(13-18)35-2)28-21(32)27-8-9-30-22(33)31(17-6-7-17)20(29-30)14-4-3-5-15(10-14)23(24,25)26/h3-5,10-13,17H,6-9H2,1-2H3,(H2,27,28,32). The predicted octanol–water partition coefficient (Wildman–Crippen LogP) is 3.90. The van der Waals surface area contributed by atoms with Gasteiger partial charge in [-0.25, -0.2) is 14.3 Å². The fourth-order valence-electron chi connectivity index (χ4n) is 3.59. The van der Waals surface area contributed by atoms with Gasteiger partial charge in [0.25, 0.3) is 0 Å². The van der Waals surface area contributed by atoms with Gasteiger partial charge in [-0.3, -0.25) is 4.57 Å². The molecule has 2 aromatic carbocycles. The number of aromatic nitrogens is 3. The molecule has 1 aromatic heterocycles. The van der Waals surface area contributed by atoms with E-state index in [9.17, 15) is 22.8 Å². The fourth-order valence-corrected chi connectivity index (χ4v) is 3.59. The van der Waals surface area contributed by atoms with Gasteiger partial charge in [-0.05, 0) is 25.0 Å². The number of hydrogen-bond acceptors (Lipinski definition) is 5. The van der Waals surface area contributed by atoms with E-state index in [4.69, 9.17) is 9.47 Å². The Hall–Kier alpha value is -3.96. The zero-order chi connectivity index (χ0) is 25.2. The Kier molecular flexibility index (Phi) is 6.72. The number of rotatable bonds is 8. The molecule has 3 aromatic rings. The van der Waals surface area contributed by atoms with E-state index in [-0.39, 0.29) is 30.5 Å². The van der Waals surface area contributed by atoms with Crippen LogP contribution in [0.4, 0.5) is 23.7 Å². The highest BCUT2D eigenvalue weighted by atomic mass is 19.4. The Morgan fingerprint density at radius 1 is 1.11 bits per heavy atom. The van der Waals surface area contributed by atoms with Crippen molar-refractivity contribution < 1.29 is 27.4 Å². The number of benzene rings is 2. The molecule has 0 radical (unpaired) electrons. The van der Waals surface area contributed by atoms with E-state index in [2.05, 4.69) is 15.7 Å². The minimum atomic E-state index is -4.51. The number of nitrogens with one attached hydrogen (secondary N) is 2. The van der Waals surface area contributed by atoms with E-state index < -0.39 is 23.5 Å². The topological polar surface area (TPSA) is 99.4 Å². The summed E-state index contributed by atoms with van der Waals surface area (Å²) in [6.07, 6.45) is -3.00. The number of nitrogens with zero attached hydrogens (tertiary/aromatic N) is 3. The predicted molar refractivity (Wildman–Crippen MR) is 122 cm³/mol. The maximum Gasteiger partial charge on any atom is 0.416 e. The second kappa shape index (κ2) is 9.72. The normalized spacial score (nSPS) is 13.4. The molecule has 12 heteroatoms. The summed E-state index contributed by atoms with van der Waals surface area (Å²) >= 11 is 0. The summed E-state index contributed by atoms with van der Waals surface area (Å²) in [6, 6.07) is 9.02. The van der Waals surface area contributed by atoms with Crippen LogP contribution in [0.3, 0.4) is 0 Å². The molecular weight excluding hydrogens is 467 g/mol. The summed E-state index contributed by atoms with van der Waals surface area (Å²) < 4.78 is 52.4. The van der Waals surface area contributed by atoms with Gasteiger partial charge in [0.05, 0.1) is 26.3 Å². The maximum absolute atomic E-state index is 13.2. The minimum absolute atomic E-state index is 0.0410. The van der Waals surface area contributed by atoms with Gasteiger partial charge in [0.1, 0.15) is 11.5 Å². The van der Waals surface area contributed by atoms with Crippen molar-refractivity contribution in [3.8, 4) is 22.9 Å². The third kappa shape index (κ3) is 5.58. The van der Waals surface area contributed by atoms with Crippen LogP contribution in [0.2, 0.25) is 0 Å². The van der Waals surface area contributed by atoms with Gasteiger partial charge in [0.2, 0.25) is 0 Å². The van der Waals surface area contributed by atoms with Crippen LogP contribution >= 0.6 is 0 Å². The Labute approximate surface area is 198 Å². The number of ether oxygens (including phenoxy) is 2. The summed E-state index contributed by atoms with van der Waals surface area (Å²) in [4.78, 5) is 25.2. The molecule has 1 fully saturated rings. The average molecular weight is 491 g/mol. The van der Waals surface area contributed by atoms with Crippen molar-refractivity contribution in [1.29, 1.82) is 0 Å². The van der Waals surface area contributed by atoms with Crippen LogP contribution in [-0.2, 0) is 12.7 Å². The van der Waals surface area contributed by atoms with Crippen molar-refractivity contribution in [3.63, 3.8) is 0 Å². The Morgan fingerprint density at radius 2 is 1.80 bits per heavy atom. The molecule has 0 saturated heterocycles. The maximum atomic E-state index is 13.2. The van der Waals surface area contributed by atoms with E-state index >= 15 is 0 Å². The first-order valence-electron chi connectivity index (χ1n) is 10.8. The van der Waals surface area contributed by atoms with Crippen LogP contribution in [-0.4, -0.2) is 41.1 Å². The Bertz CT molecular complexity index is 1260. The van der Waals surface area contributed by atoms with E-state index in [0.29, 0.717) is 17.2 Å². The quantitative estimate of drug-likeness (QED) is 0.498. The molecule has 9 nitrogen and oxygen atoms in total. The molecule has 35 heavy (non-hydrogen) atoms. The van der Waals surface area contributed by atoms with Gasteiger partial charge in [0.15, 0.2) is 5.82 Å². The molecule has 0 aliphatic heterocycles. The number of alkyl halides is 3. The number of methoxy groups -OCH3 is 2. The van der Waals surface area contributed by atoms with E-state index in [0.717, 1.165) is 29.7 Å². The largest absolute Gasteiger partial charge is 0.497 e. The Balaban J connectivity index is 1.46. The molecule has 0 bridgehead atoms. The highest BCUT2D eigenvalue weighted by Gasteiger charge is 2.33. The molecule has 1 heterocycles. The molecule has 0 atom stereocenters. The molecule has 4 rings (SSSR count). The van der Waals surface area contributed by atoms with E-state index in [1.54, 1.807) is 18.2 Å². The van der Waals surface area contributed by atoms with Crippen LogP contribution in [0.5, 0.6) is 11.5 Å². The van der Waals surface area contributed by atoms with Crippen molar-refractivity contribution in [1.82, 2.24) is 19.7 Å². The molecule has 1 aliphatic rings. The van der Waals surface area contributed by atoms with Crippen LogP contribution in [0.25, 0.3) is 11.4 Å². The summed E-state index contributed by atoms with van der Waals surface area (Å²) in [7, 11) is 2.98. The van der Waals surface area contributed by atoms with Crippen molar-refractivity contribution in [2.24, 2.45) is 0 Å². The minimum Gasteiger partial charge on any atom is -0.497 e. The molecule has 0 spiro atoms. The van der Waals surface area contributed by atoms with Crippen molar-refractivity contribution in [2.75, 3.05) is 26.1 Å². The first-order valence-corrected chi connectivity index (χ1v) is 10.8. The second-order valence-electron chi connectivity index (χ2n) is 7.99. The highest BCUT2D eigenvalue weighted by molar-refractivity contribution is 5.89. The first kappa shape index (κ1) is 24.2. The van der Waals surface area contributed by atoms with Gasteiger partial charge < -0.3 is 20.1 Å². The van der Waals surface area contributed by atoms with Gasteiger partial charge in [-0.1, -0.05) is 12.1 Å². The summed E-state index contributed by atoms with van der Waals surface area (Å²) in [5, 5.41) is 9.57. The molecule has 1 saturated carbocycles. The molecule has 0 unspecified atom stereocenters. The van der Waals surface area contributed by atoms with Crippen LogP contribution in [0, 0.1) is 0 Å². The lowest BCUT2D eigenvalue weighted by Gasteiger charge is -2.10.